The molecule has 0 amide bonds. The SMILES string of the molecule is Cc1cc(C)c2c(N)nc(NC3CCN(Cc4cc(C(F)(F)F)ccc4O)CC3)nc2n1.Cc1ccc(CN2CCC(Nc3nc(N)c4c(C)cc(C)nc4n3)CC2)c(O)c1. The summed E-state index contributed by atoms with van der Waals surface area (Å²) in [6.45, 7) is 14.0. The van der Waals surface area contributed by atoms with Crippen molar-refractivity contribution in [3.8, 4) is 11.5 Å². The maximum Gasteiger partial charge on any atom is 0.416 e. The fourth-order valence-corrected chi connectivity index (χ4v) is 8.16. The molecule has 0 radical (unpaired) electrons. The van der Waals surface area contributed by atoms with Gasteiger partial charge in [-0.15, -0.1) is 0 Å². The van der Waals surface area contributed by atoms with Crippen molar-refractivity contribution >= 4 is 45.6 Å². The highest BCUT2D eigenvalue weighted by Gasteiger charge is 2.31. The molecule has 2 fully saturated rings. The third-order valence-electron chi connectivity index (χ3n) is 11.3. The van der Waals surface area contributed by atoms with Crippen molar-refractivity contribution in [2.45, 2.75) is 91.7 Å². The van der Waals surface area contributed by atoms with E-state index in [0.717, 1.165) is 108 Å². The van der Waals surface area contributed by atoms with Crippen LogP contribution in [0.5, 0.6) is 11.5 Å². The van der Waals surface area contributed by atoms with Crippen LogP contribution in [0.4, 0.5) is 36.7 Å². The molecule has 0 bridgehead atoms. The lowest BCUT2D eigenvalue weighted by molar-refractivity contribution is -0.137. The van der Waals surface area contributed by atoms with Gasteiger partial charge in [0.1, 0.15) is 23.1 Å². The lowest BCUT2D eigenvalue weighted by atomic mass is 10.0. The number of hydrogen-bond donors (Lipinski definition) is 6. The number of halogens is 3. The second-order valence-electron chi connectivity index (χ2n) is 16.3. The molecule has 6 aromatic rings. The Bertz CT molecular complexity index is 2540. The van der Waals surface area contributed by atoms with Crippen molar-refractivity contribution in [1.29, 1.82) is 0 Å². The first-order valence-electron chi connectivity index (χ1n) is 20.5. The number of pyridine rings is 2. The van der Waals surface area contributed by atoms with Gasteiger partial charge in [0.25, 0.3) is 0 Å². The van der Waals surface area contributed by atoms with Crippen molar-refractivity contribution in [3.63, 3.8) is 0 Å². The molecule has 8 rings (SSSR count). The predicted molar refractivity (Wildman–Crippen MR) is 232 cm³/mol. The van der Waals surface area contributed by atoms with E-state index in [1.54, 1.807) is 0 Å². The number of alkyl halides is 3. The number of nitrogens with zero attached hydrogens (tertiary/aromatic N) is 8. The zero-order chi connectivity index (χ0) is 43.6. The van der Waals surface area contributed by atoms with E-state index in [0.29, 0.717) is 59.7 Å². The van der Waals surface area contributed by atoms with Gasteiger partial charge in [-0.25, -0.2) is 9.97 Å². The Hall–Kier alpha value is -6.07. The van der Waals surface area contributed by atoms with Gasteiger partial charge in [-0.1, -0.05) is 12.1 Å². The number of aromatic hydroxyl groups is 2. The molecule has 2 aliphatic heterocycles. The molecule has 17 heteroatoms. The monoisotopic (exact) mass is 838 g/mol. The highest BCUT2D eigenvalue weighted by atomic mass is 19.4. The molecule has 61 heavy (non-hydrogen) atoms. The number of fused-ring (bicyclic) bond motifs is 2. The summed E-state index contributed by atoms with van der Waals surface area (Å²) < 4.78 is 38.9. The average Bonchev–Trinajstić information content (AvgIpc) is 3.17. The maximum atomic E-state index is 13.0. The first-order valence-corrected chi connectivity index (χ1v) is 20.5. The lowest BCUT2D eigenvalue weighted by Crippen LogP contribution is -2.39. The second kappa shape index (κ2) is 17.9. The Morgan fingerprint density at radius 2 is 1.08 bits per heavy atom. The highest BCUT2D eigenvalue weighted by molar-refractivity contribution is 5.90. The first kappa shape index (κ1) is 43.0. The number of nitrogens with two attached hydrogens (primary N) is 2. The zero-order valence-corrected chi connectivity index (χ0v) is 35.1. The quantitative estimate of drug-likeness (QED) is 0.0890. The number of nitrogens with one attached hydrogen (secondary N) is 2. The Balaban J connectivity index is 0.000000185. The molecule has 0 saturated carbocycles. The van der Waals surface area contributed by atoms with Crippen molar-refractivity contribution in [2.24, 2.45) is 0 Å². The van der Waals surface area contributed by atoms with E-state index in [-0.39, 0.29) is 23.9 Å². The van der Waals surface area contributed by atoms with Crippen molar-refractivity contribution in [3.05, 3.63) is 93.3 Å². The second-order valence-corrected chi connectivity index (χ2v) is 16.3. The predicted octanol–water partition coefficient (Wildman–Crippen LogP) is 7.34. The van der Waals surface area contributed by atoms with Gasteiger partial charge >= 0.3 is 6.18 Å². The number of nitrogen functional groups attached to an aromatic ring is 2. The van der Waals surface area contributed by atoms with E-state index in [2.05, 4.69) is 45.4 Å². The number of phenolic OH excluding ortho intramolecular Hbond substituents is 2. The Morgan fingerprint density at radius 1 is 0.607 bits per heavy atom. The summed E-state index contributed by atoms with van der Waals surface area (Å²) in [5.74, 6) is 2.05. The highest BCUT2D eigenvalue weighted by Crippen LogP contribution is 2.33. The van der Waals surface area contributed by atoms with E-state index in [1.807, 2.05) is 69.9 Å². The smallest absolute Gasteiger partial charge is 0.416 e. The molecule has 14 nitrogen and oxygen atoms in total. The van der Waals surface area contributed by atoms with Crippen LogP contribution in [-0.4, -0.2) is 88.2 Å². The van der Waals surface area contributed by atoms with Crippen molar-refractivity contribution in [1.82, 2.24) is 39.7 Å². The van der Waals surface area contributed by atoms with Crippen LogP contribution < -0.4 is 22.1 Å². The Morgan fingerprint density at radius 3 is 1.54 bits per heavy atom. The van der Waals surface area contributed by atoms with Crippen LogP contribution in [-0.2, 0) is 19.3 Å². The minimum atomic E-state index is -4.44. The van der Waals surface area contributed by atoms with E-state index in [1.165, 1.54) is 0 Å². The molecule has 8 N–H and O–H groups in total. The molecule has 2 aromatic carbocycles. The van der Waals surface area contributed by atoms with Gasteiger partial charge in [-0.05, 0) is 113 Å². The minimum Gasteiger partial charge on any atom is -0.508 e. The van der Waals surface area contributed by atoms with Crippen LogP contribution in [0.1, 0.15) is 70.5 Å². The fraction of sp³-hybridized carbons (Fsp3) is 0.409. The van der Waals surface area contributed by atoms with Crippen molar-refractivity contribution < 1.29 is 23.4 Å². The zero-order valence-electron chi connectivity index (χ0n) is 35.1. The van der Waals surface area contributed by atoms with Gasteiger partial charge in [0.05, 0.1) is 16.3 Å². The Labute approximate surface area is 352 Å². The van der Waals surface area contributed by atoms with Gasteiger partial charge < -0.3 is 32.3 Å². The van der Waals surface area contributed by atoms with Gasteiger partial charge in [-0.2, -0.15) is 33.1 Å². The van der Waals surface area contributed by atoms with Gasteiger partial charge in [0.15, 0.2) is 11.3 Å². The summed E-state index contributed by atoms with van der Waals surface area (Å²) in [5.41, 5.74) is 18.9. The van der Waals surface area contributed by atoms with Crippen LogP contribution >= 0.6 is 0 Å². The molecular formula is C44H53F3N12O2. The fourth-order valence-electron chi connectivity index (χ4n) is 8.16. The van der Waals surface area contributed by atoms with Crippen LogP contribution in [0.25, 0.3) is 22.1 Å². The summed E-state index contributed by atoms with van der Waals surface area (Å²) in [6.07, 6.45) is -0.974. The average molecular weight is 839 g/mol. The van der Waals surface area contributed by atoms with E-state index < -0.39 is 11.7 Å². The number of phenols is 2. The lowest BCUT2D eigenvalue weighted by Gasteiger charge is -2.32. The van der Waals surface area contributed by atoms with Crippen LogP contribution in [0.3, 0.4) is 0 Å². The summed E-state index contributed by atoms with van der Waals surface area (Å²) in [6, 6.07) is 13.2. The number of hydrogen-bond acceptors (Lipinski definition) is 14. The van der Waals surface area contributed by atoms with Gasteiger partial charge in [0, 0.05) is 73.9 Å². The number of aryl methyl sites for hydroxylation is 5. The van der Waals surface area contributed by atoms with Crippen molar-refractivity contribution in [2.75, 3.05) is 48.3 Å². The topological polar surface area (TPSA) is 200 Å². The molecule has 0 unspecified atom stereocenters. The summed E-state index contributed by atoms with van der Waals surface area (Å²) in [5, 5.41) is 28.5. The Kier molecular flexibility index (Phi) is 12.6. The van der Waals surface area contributed by atoms with Crippen LogP contribution in [0.15, 0.2) is 48.5 Å². The molecular weight excluding hydrogens is 786 g/mol. The normalized spacial score (nSPS) is 15.8. The van der Waals surface area contributed by atoms with Crippen LogP contribution in [0.2, 0.25) is 0 Å². The van der Waals surface area contributed by atoms with E-state index >= 15 is 0 Å². The molecule has 4 aromatic heterocycles. The van der Waals surface area contributed by atoms with E-state index in [4.69, 9.17) is 11.5 Å². The summed E-state index contributed by atoms with van der Waals surface area (Å²) in [4.78, 5) is 31.3. The van der Waals surface area contributed by atoms with Gasteiger partial charge in [0.2, 0.25) is 11.9 Å². The number of rotatable bonds is 8. The largest absolute Gasteiger partial charge is 0.508 e. The maximum absolute atomic E-state index is 13.0. The molecule has 2 saturated heterocycles. The van der Waals surface area contributed by atoms with Gasteiger partial charge in [-0.3, -0.25) is 9.80 Å². The number of likely N-dealkylation sites (tertiary alicyclic amines) is 2. The summed E-state index contributed by atoms with van der Waals surface area (Å²) >= 11 is 0. The molecule has 322 valence electrons. The number of benzene rings is 2. The third kappa shape index (κ3) is 10.5. The first-order chi connectivity index (χ1) is 29.0. The van der Waals surface area contributed by atoms with Crippen LogP contribution in [0, 0.1) is 34.6 Å². The molecule has 0 aliphatic carbocycles. The number of piperidine rings is 2. The third-order valence-corrected chi connectivity index (χ3v) is 11.3. The standard InChI is InChI=1S/C22H25F3N6O.C22H28N6O/c1-12-9-13(2)27-20-18(12)19(26)29-21(30-20)28-16-5-7-31(8-6-16)11-14-10-15(22(23,24)25)3-4-17(14)32;1-13-4-5-16(18(29)10-13)12-28-8-6-17(7-9-28)25-22-26-20(23)19-14(2)11-15(3)24-21(19)27-22/h3-4,9-10,16,32H,5-8,11H2,1-2H3,(H3,26,27,28,29,30);4-5,10-11,17,29H,6-9,12H2,1-3H3,(H3,23,24,25,26,27). The molecule has 0 spiro atoms. The summed E-state index contributed by atoms with van der Waals surface area (Å²) in [7, 11) is 0. The number of aromatic nitrogens is 6. The molecule has 0 atom stereocenters. The number of anilines is 4. The minimum absolute atomic E-state index is 0.101. The van der Waals surface area contributed by atoms with E-state index in [9.17, 15) is 23.4 Å². The molecule has 6 heterocycles. The molecule has 2 aliphatic rings.